The third-order valence-electron chi connectivity index (χ3n) is 1.55. The van der Waals surface area contributed by atoms with Gasteiger partial charge in [-0.15, -0.1) is 0 Å². The fraction of sp³-hybridized carbons (Fsp3) is 0.778. The zero-order valence-corrected chi connectivity index (χ0v) is 9.33. The van der Waals surface area contributed by atoms with E-state index < -0.39 is 24.0 Å². The number of carboxylic acids is 1. The number of aliphatic hydroxyl groups excluding tert-OH is 3. The van der Waals surface area contributed by atoms with E-state index in [1.54, 1.807) is 0 Å². The van der Waals surface area contributed by atoms with Crippen LogP contribution in [0.1, 0.15) is 20.3 Å². The molecule has 7 heteroatoms. The molecule has 0 saturated heterocycles. The minimum absolute atomic E-state index is 0.148. The number of hydrogen-bond donors (Lipinski definition) is 5. The van der Waals surface area contributed by atoms with Gasteiger partial charge in [0.2, 0.25) is 0 Å². The highest BCUT2D eigenvalue weighted by Crippen LogP contribution is 1.94. The van der Waals surface area contributed by atoms with Gasteiger partial charge in [-0.25, -0.2) is 4.79 Å². The van der Waals surface area contributed by atoms with Gasteiger partial charge in [-0.05, 0) is 20.3 Å². The molecule has 0 aliphatic heterocycles. The average Bonchev–Trinajstić information content (AvgIpc) is 2.15. The molecule has 0 rings (SSSR count). The quantitative estimate of drug-likeness (QED) is 0.376. The highest BCUT2D eigenvalue weighted by atomic mass is 16.4. The maximum atomic E-state index is 10.2. The van der Waals surface area contributed by atoms with Crippen LogP contribution in [0.25, 0.3) is 0 Å². The number of aliphatic hydroxyl groups is 3. The second-order valence-corrected chi connectivity index (χ2v) is 3.33. The van der Waals surface area contributed by atoms with Crippen LogP contribution in [0.3, 0.4) is 0 Å². The Bertz CT molecular complexity index is 200. The first kappa shape index (κ1) is 17.4. The number of ketones is 1. The maximum absolute atomic E-state index is 10.2. The number of carboxylic acid groups (broad SMARTS) is 1. The Balaban J connectivity index is 0. The van der Waals surface area contributed by atoms with Crippen molar-refractivity contribution in [1.82, 2.24) is 0 Å². The number of aliphatic carboxylic acids is 1. The lowest BCUT2D eigenvalue weighted by atomic mass is 10.1. The molecule has 0 heterocycles. The lowest BCUT2D eigenvalue weighted by Crippen LogP contribution is -2.38. The van der Waals surface area contributed by atoms with Crippen molar-refractivity contribution in [3.05, 3.63) is 0 Å². The molecule has 0 unspecified atom stereocenters. The predicted octanol–water partition coefficient (Wildman–Crippen LogP) is -1.90. The molecule has 7 nitrogen and oxygen atoms in total. The van der Waals surface area contributed by atoms with Crippen LogP contribution in [0.2, 0.25) is 0 Å². The summed E-state index contributed by atoms with van der Waals surface area (Å²) in [5, 5.41) is 33.3. The molecule has 0 aromatic rings. The minimum Gasteiger partial charge on any atom is -0.479 e. The summed E-state index contributed by atoms with van der Waals surface area (Å²) in [5.41, 5.74) is 5.24. The molecule has 6 N–H and O–H groups in total. The standard InChI is InChI=1S/C5H8O5.C4H11NO/c1-2(6)3(7)4(8)5(9)10;1-4(5)2-3-6/h3-4,7-8H,1H3,(H,9,10);4,6H,2-3,5H2,1H3/t3-,4+;4-/m11/s1. The molecule has 0 bridgehead atoms. The molecule has 3 atom stereocenters. The number of rotatable bonds is 5. The van der Waals surface area contributed by atoms with Crippen LogP contribution in [-0.2, 0) is 9.59 Å². The van der Waals surface area contributed by atoms with E-state index in [0.717, 1.165) is 6.92 Å². The first-order chi connectivity index (χ1) is 7.23. The molecular formula is C9H19NO6. The molecule has 0 aromatic carbocycles. The van der Waals surface area contributed by atoms with Gasteiger partial charge in [0.15, 0.2) is 11.9 Å². The molecule has 0 aliphatic rings. The van der Waals surface area contributed by atoms with Gasteiger partial charge in [-0.2, -0.15) is 0 Å². The first-order valence-corrected chi connectivity index (χ1v) is 4.69. The van der Waals surface area contributed by atoms with Gasteiger partial charge < -0.3 is 26.2 Å². The zero-order chi connectivity index (χ0) is 13.3. The van der Waals surface area contributed by atoms with Crippen LogP contribution in [0, 0.1) is 0 Å². The summed E-state index contributed by atoms with van der Waals surface area (Å²) in [7, 11) is 0. The van der Waals surface area contributed by atoms with Crippen LogP contribution >= 0.6 is 0 Å². The second-order valence-electron chi connectivity index (χ2n) is 3.33. The Morgan fingerprint density at radius 2 is 1.69 bits per heavy atom. The van der Waals surface area contributed by atoms with E-state index in [-0.39, 0.29) is 12.6 Å². The molecule has 0 radical (unpaired) electrons. The molecule has 16 heavy (non-hydrogen) atoms. The van der Waals surface area contributed by atoms with Crippen LogP contribution in [0.4, 0.5) is 0 Å². The van der Waals surface area contributed by atoms with Gasteiger partial charge in [0.05, 0.1) is 0 Å². The molecule has 0 saturated carbocycles. The Morgan fingerprint density at radius 3 is 1.75 bits per heavy atom. The lowest BCUT2D eigenvalue weighted by molar-refractivity contribution is -0.156. The summed E-state index contributed by atoms with van der Waals surface area (Å²) < 4.78 is 0. The summed E-state index contributed by atoms with van der Waals surface area (Å²) in [5.74, 6) is -2.38. The van der Waals surface area contributed by atoms with Crippen molar-refractivity contribution in [2.75, 3.05) is 6.61 Å². The van der Waals surface area contributed by atoms with Gasteiger partial charge in [0, 0.05) is 12.6 Å². The van der Waals surface area contributed by atoms with E-state index in [4.69, 9.17) is 26.2 Å². The monoisotopic (exact) mass is 237 g/mol. The lowest BCUT2D eigenvalue weighted by Gasteiger charge is -2.08. The molecule has 0 aliphatic carbocycles. The Labute approximate surface area is 93.5 Å². The fourth-order valence-corrected chi connectivity index (χ4v) is 0.561. The van der Waals surface area contributed by atoms with Gasteiger partial charge in [0.25, 0.3) is 0 Å². The summed E-state index contributed by atoms with van der Waals surface area (Å²) in [6.07, 6.45) is -3.13. The molecule has 0 aromatic heterocycles. The second kappa shape index (κ2) is 9.22. The highest BCUT2D eigenvalue weighted by molar-refractivity contribution is 5.87. The highest BCUT2D eigenvalue weighted by Gasteiger charge is 2.26. The van der Waals surface area contributed by atoms with Crippen molar-refractivity contribution in [3.8, 4) is 0 Å². The van der Waals surface area contributed by atoms with Crippen LogP contribution in [-0.4, -0.2) is 57.0 Å². The number of carbonyl (C=O) groups is 2. The third-order valence-corrected chi connectivity index (χ3v) is 1.55. The summed E-state index contributed by atoms with van der Waals surface area (Å²) >= 11 is 0. The number of nitrogens with two attached hydrogens (primary N) is 1. The molecular weight excluding hydrogens is 218 g/mol. The zero-order valence-electron chi connectivity index (χ0n) is 9.33. The third kappa shape index (κ3) is 9.53. The van der Waals surface area contributed by atoms with Crippen LogP contribution < -0.4 is 5.73 Å². The number of carbonyl (C=O) groups excluding carboxylic acids is 1. The van der Waals surface area contributed by atoms with Gasteiger partial charge in [-0.1, -0.05) is 0 Å². The van der Waals surface area contributed by atoms with E-state index >= 15 is 0 Å². The minimum atomic E-state index is -2.02. The van der Waals surface area contributed by atoms with E-state index in [1.807, 2.05) is 6.92 Å². The molecule has 0 fully saturated rings. The van der Waals surface area contributed by atoms with Crippen molar-refractivity contribution >= 4 is 11.8 Å². The molecule has 0 spiro atoms. The Hall–Kier alpha value is -1.02. The SMILES string of the molecule is CC(=O)[C@@H](O)[C@H](O)C(=O)O.C[C@@H](N)CCO. The van der Waals surface area contributed by atoms with Crippen molar-refractivity contribution in [3.63, 3.8) is 0 Å². The van der Waals surface area contributed by atoms with E-state index in [9.17, 15) is 9.59 Å². The maximum Gasteiger partial charge on any atom is 0.335 e. The number of hydrogen-bond acceptors (Lipinski definition) is 6. The van der Waals surface area contributed by atoms with E-state index in [2.05, 4.69) is 0 Å². The normalized spacial score (nSPS) is 15.4. The number of Topliss-reactive ketones (excluding diaryl/α,β-unsaturated/α-hetero) is 1. The Morgan fingerprint density at radius 1 is 1.25 bits per heavy atom. The van der Waals surface area contributed by atoms with Crippen molar-refractivity contribution in [1.29, 1.82) is 0 Å². The summed E-state index contributed by atoms with van der Waals surface area (Å²) in [6, 6.07) is 0.148. The van der Waals surface area contributed by atoms with Gasteiger partial charge in [-0.3, -0.25) is 4.79 Å². The van der Waals surface area contributed by atoms with Gasteiger partial charge in [0.1, 0.15) is 6.10 Å². The molecule has 96 valence electrons. The van der Waals surface area contributed by atoms with E-state index in [1.165, 1.54) is 0 Å². The van der Waals surface area contributed by atoms with Crippen molar-refractivity contribution in [2.45, 2.75) is 38.5 Å². The van der Waals surface area contributed by atoms with Crippen LogP contribution in [0.5, 0.6) is 0 Å². The largest absolute Gasteiger partial charge is 0.479 e. The summed E-state index contributed by atoms with van der Waals surface area (Å²) in [4.78, 5) is 20.1. The smallest absolute Gasteiger partial charge is 0.335 e. The van der Waals surface area contributed by atoms with Crippen molar-refractivity contribution < 1.29 is 30.0 Å². The summed E-state index contributed by atoms with van der Waals surface area (Å²) in [6.45, 7) is 3.07. The van der Waals surface area contributed by atoms with Gasteiger partial charge >= 0.3 is 5.97 Å². The molecule has 0 amide bonds. The topological polar surface area (TPSA) is 141 Å². The first-order valence-electron chi connectivity index (χ1n) is 4.69. The fourth-order valence-electron chi connectivity index (χ4n) is 0.561. The van der Waals surface area contributed by atoms with Crippen molar-refractivity contribution in [2.24, 2.45) is 5.73 Å². The van der Waals surface area contributed by atoms with Crippen LogP contribution in [0.15, 0.2) is 0 Å². The van der Waals surface area contributed by atoms with E-state index in [0.29, 0.717) is 6.42 Å². The average molecular weight is 237 g/mol. The predicted molar refractivity (Wildman–Crippen MR) is 55.7 cm³/mol. The Kier molecular flexibility index (Phi) is 10.0.